The zero-order valence-electron chi connectivity index (χ0n) is 11.5. The van der Waals surface area contributed by atoms with Crippen molar-refractivity contribution in [3.05, 3.63) is 0 Å². The van der Waals surface area contributed by atoms with Gasteiger partial charge in [0.2, 0.25) is 0 Å². The number of urea groups is 1. The van der Waals surface area contributed by atoms with Crippen LogP contribution in [0.25, 0.3) is 0 Å². The van der Waals surface area contributed by atoms with Gasteiger partial charge >= 0.3 is 18.0 Å². The van der Waals surface area contributed by atoms with Crippen LogP contribution >= 0.6 is 0 Å². The fourth-order valence-corrected chi connectivity index (χ4v) is 1.52. The number of carbonyl (C=O) groups is 3. The van der Waals surface area contributed by atoms with Crippen LogP contribution in [0.1, 0.15) is 33.1 Å². The minimum Gasteiger partial charge on any atom is -0.481 e. The molecule has 112 valence electrons. The lowest BCUT2D eigenvalue weighted by Gasteiger charge is -2.27. The van der Waals surface area contributed by atoms with Crippen LogP contribution < -0.4 is 5.32 Å². The van der Waals surface area contributed by atoms with E-state index in [9.17, 15) is 14.4 Å². The lowest BCUT2D eigenvalue weighted by atomic mass is 10.1. The molecule has 0 aromatic rings. The number of nitrogens with zero attached hydrogens (tertiary/aromatic N) is 2. The number of carboxylic acids is 2. The molecule has 0 spiro atoms. The van der Waals surface area contributed by atoms with Crippen LogP contribution in [0.3, 0.4) is 0 Å². The summed E-state index contributed by atoms with van der Waals surface area (Å²) in [5.74, 6) is -2.42. The van der Waals surface area contributed by atoms with Crippen LogP contribution in [0.5, 0.6) is 0 Å². The minimum atomic E-state index is -1.29. The molecule has 0 aliphatic rings. The van der Waals surface area contributed by atoms with Crippen molar-refractivity contribution in [1.29, 1.82) is 5.26 Å². The summed E-state index contributed by atoms with van der Waals surface area (Å²) < 4.78 is 0. The molecule has 8 nitrogen and oxygen atoms in total. The first kappa shape index (κ1) is 17.7. The van der Waals surface area contributed by atoms with E-state index in [1.54, 1.807) is 13.8 Å². The first-order chi connectivity index (χ1) is 9.29. The second-order valence-electron chi connectivity index (χ2n) is 4.47. The zero-order chi connectivity index (χ0) is 15.7. The third-order valence-corrected chi connectivity index (χ3v) is 2.59. The van der Waals surface area contributed by atoms with E-state index in [-0.39, 0.29) is 31.8 Å². The topological polar surface area (TPSA) is 131 Å². The standard InChI is InChI=1S/C12H19N3O5/c1-8(2)15(7-3-6-13)12(20)14-9(11(18)19)4-5-10(16)17/h8-9H,3-5,7H2,1-2H3,(H,14,20)(H,16,17)(H,18,19)/t9-/m0/s1. The first-order valence-electron chi connectivity index (χ1n) is 6.18. The lowest BCUT2D eigenvalue weighted by Crippen LogP contribution is -2.50. The molecule has 0 bridgehead atoms. The lowest BCUT2D eigenvalue weighted by molar-refractivity contribution is -0.140. The van der Waals surface area contributed by atoms with Crippen LogP contribution in [0.15, 0.2) is 0 Å². The Labute approximate surface area is 117 Å². The Morgan fingerprint density at radius 2 is 1.90 bits per heavy atom. The number of carbonyl (C=O) groups excluding carboxylic acids is 1. The van der Waals surface area contributed by atoms with Crippen LogP contribution in [0.2, 0.25) is 0 Å². The summed E-state index contributed by atoms with van der Waals surface area (Å²) in [6.07, 6.45) is -0.407. The van der Waals surface area contributed by atoms with Gasteiger partial charge in [0, 0.05) is 19.0 Å². The van der Waals surface area contributed by atoms with Crippen molar-refractivity contribution in [3.63, 3.8) is 0 Å². The van der Waals surface area contributed by atoms with E-state index >= 15 is 0 Å². The molecule has 0 heterocycles. The van der Waals surface area contributed by atoms with Gasteiger partial charge in [-0.1, -0.05) is 0 Å². The van der Waals surface area contributed by atoms with Crippen molar-refractivity contribution in [2.75, 3.05) is 6.54 Å². The number of aliphatic carboxylic acids is 2. The van der Waals surface area contributed by atoms with Crippen LogP contribution in [0.4, 0.5) is 4.79 Å². The fraction of sp³-hybridized carbons (Fsp3) is 0.667. The van der Waals surface area contributed by atoms with Crippen molar-refractivity contribution in [1.82, 2.24) is 10.2 Å². The Hall–Kier alpha value is -2.30. The Morgan fingerprint density at radius 3 is 2.30 bits per heavy atom. The van der Waals surface area contributed by atoms with Crippen LogP contribution in [-0.4, -0.2) is 51.7 Å². The summed E-state index contributed by atoms with van der Waals surface area (Å²) in [7, 11) is 0. The molecule has 2 amide bonds. The smallest absolute Gasteiger partial charge is 0.326 e. The monoisotopic (exact) mass is 285 g/mol. The number of nitriles is 1. The highest BCUT2D eigenvalue weighted by Gasteiger charge is 2.24. The molecule has 0 rings (SSSR count). The van der Waals surface area contributed by atoms with Gasteiger partial charge in [0.15, 0.2) is 0 Å². The van der Waals surface area contributed by atoms with Crippen molar-refractivity contribution < 1.29 is 24.6 Å². The van der Waals surface area contributed by atoms with E-state index in [2.05, 4.69) is 5.32 Å². The fourth-order valence-electron chi connectivity index (χ4n) is 1.52. The van der Waals surface area contributed by atoms with Crippen molar-refractivity contribution in [2.24, 2.45) is 0 Å². The molecule has 0 saturated heterocycles. The molecule has 3 N–H and O–H groups in total. The Balaban J connectivity index is 4.66. The summed E-state index contributed by atoms with van der Waals surface area (Å²) in [5, 5.41) is 28.3. The third-order valence-electron chi connectivity index (χ3n) is 2.59. The molecule has 8 heteroatoms. The summed E-state index contributed by atoms with van der Waals surface area (Å²) in [6.45, 7) is 3.67. The van der Waals surface area contributed by atoms with Gasteiger partial charge in [0.25, 0.3) is 0 Å². The predicted octanol–water partition coefficient (Wildman–Crippen LogP) is 0.638. The highest BCUT2D eigenvalue weighted by Crippen LogP contribution is 2.04. The molecule has 0 unspecified atom stereocenters. The normalized spacial score (nSPS) is 11.5. The van der Waals surface area contributed by atoms with E-state index in [0.717, 1.165) is 0 Å². The van der Waals surface area contributed by atoms with Gasteiger partial charge in [-0.05, 0) is 20.3 Å². The van der Waals surface area contributed by atoms with Gasteiger partial charge < -0.3 is 20.4 Å². The highest BCUT2D eigenvalue weighted by molar-refractivity contribution is 5.83. The van der Waals surface area contributed by atoms with E-state index < -0.39 is 24.0 Å². The average molecular weight is 285 g/mol. The minimum absolute atomic E-state index is 0.137. The maximum atomic E-state index is 11.9. The van der Waals surface area contributed by atoms with Crippen LogP contribution in [0, 0.1) is 11.3 Å². The van der Waals surface area contributed by atoms with E-state index in [1.807, 2.05) is 6.07 Å². The Bertz CT molecular complexity index is 402. The van der Waals surface area contributed by atoms with Gasteiger partial charge in [-0.2, -0.15) is 5.26 Å². The average Bonchev–Trinajstić information content (AvgIpc) is 2.33. The van der Waals surface area contributed by atoms with Gasteiger partial charge in [-0.3, -0.25) is 4.79 Å². The number of hydrogen-bond donors (Lipinski definition) is 3. The molecule has 1 atom stereocenters. The molecular formula is C12H19N3O5. The summed E-state index contributed by atoms with van der Waals surface area (Å²) in [4.78, 5) is 34.7. The van der Waals surface area contributed by atoms with Crippen molar-refractivity contribution in [2.45, 2.75) is 45.2 Å². The number of carboxylic acid groups (broad SMARTS) is 2. The second kappa shape index (κ2) is 8.74. The van der Waals surface area contributed by atoms with Crippen molar-refractivity contribution >= 4 is 18.0 Å². The van der Waals surface area contributed by atoms with Gasteiger partial charge in [-0.25, -0.2) is 9.59 Å². The highest BCUT2D eigenvalue weighted by atomic mass is 16.4. The van der Waals surface area contributed by atoms with E-state index in [4.69, 9.17) is 15.5 Å². The quantitative estimate of drug-likeness (QED) is 0.599. The molecule has 0 aliphatic carbocycles. The van der Waals surface area contributed by atoms with Gasteiger partial charge in [0.05, 0.1) is 12.5 Å². The summed E-state index contributed by atoms with van der Waals surface area (Å²) >= 11 is 0. The molecule has 0 aliphatic heterocycles. The number of nitrogens with one attached hydrogen (secondary N) is 1. The summed E-state index contributed by atoms with van der Waals surface area (Å²) in [6, 6.07) is -0.168. The maximum absolute atomic E-state index is 11.9. The Morgan fingerprint density at radius 1 is 1.30 bits per heavy atom. The van der Waals surface area contributed by atoms with E-state index in [0.29, 0.717) is 0 Å². The first-order valence-corrected chi connectivity index (χ1v) is 6.18. The molecular weight excluding hydrogens is 266 g/mol. The molecule has 0 saturated carbocycles. The summed E-state index contributed by atoms with van der Waals surface area (Å²) in [5.41, 5.74) is 0. The predicted molar refractivity (Wildman–Crippen MR) is 68.9 cm³/mol. The molecule has 0 aromatic carbocycles. The molecule has 0 fully saturated rings. The zero-order valence-corrected chi connectivity index (χ0v) is 11.5. The number of amides is 2. The van der Waals surface area contributed by atoms with Gasteiger partial charge in [0.1, 0.15) is 6.04 Å². The van der Waals surface area contributed by atoms with Crippen molar-refractivity contribution in [3.8, 4) is 6.07 Å². The SMILES string of the molecule is CC(C)N(CCC#N)C(=O)N[C@@H](CCC(=O)O)C(=O)O. The third kappa shape index (κ3) is 6.58. The maximum Gasteiger partial charge on any atom is 0.326 e. The molecule has 0 aromatic heterocycles. The Kier molecular flexibility index (Phi) is 7.74. The number of hydrogen-bond acceptors (Lipinski definition) is 4. The molecule has 0 radical (unpaired) electrons. The van der Waals surface area contributed by atoms with Gasteiger partial charge in [-0.15, -0.1) is 0 Å². The second-order valence-corrected chi connectivity index (χ2v) is 4.47. The number of rotatable bonds is 8. The largest absolute Gasteiger partial charge is 0.481 e. The van der Waals surface area contributed by atoms with Crippen LogP contribution in [-0.2, 0) is 9.59 Å². The van der Waals surface area contributed by atoms with E-state index in [1.165, 1.54) is 4.90 Å². The molecule has 20 heavy (non-hydrogen) atoms.